The molecule has 1 aliphatic heterocycles. The number of anilines is 1. The van der Waals surface area contributed by atoms with E-state index in [0.29, 0.717) is 12.2 Å². The molecule has 3 heterocycles. The summed E-state index contributed by atoms with van der Waals surface area (Å²) in [5.74, 6) is -1.15. The van der Waals surface area contributed by atoms with E-state index in [1.165, 1.54) is 39.5 Å². The summed E-state index contributed by atoms with van der Waals surface area (Å²) in [6.45, 7) is 2.37. The quantitative estimate of drug-likeness (QED) is 0.0371. The average molecular weight is 1080 g/mol. The van der Waals surface area contributed by atoms with Gasteiger partial charge in [-0.05, 0) is 44.9 Å². The highest BCUT2D eigenvalue weighted by atomic mass is 32.2. The molecule has 402 valence electrons. The molecule has 2 aromatic heterocycles. The molecule has 71 heavy (non-hydrogen) atoms. The first kappa shape index (κ1) is 62.1. The van der Waals surface area contributed by atoms with E-state index in [1.54, 1.807) is 0 Å². The predicted octanol–water partition coefficient (Wildman–Crippen LogP) is 3.29. The summed E-state index contributed by atoms with van der Waals surface area (Å²) in [7, 11) is -17.6. The zero-order chi connectivity index (χ0) is 52.5. The number of fused-ring (bicyclic) bond motifs is 1. The number of aliphatic hydroxyl groups is 2. The van der Waals surface area contributed by atoms with Gasteiger partial charge in [-0.2, -0.15) is 0 Å². The largest absolute Gasteiger partial charge is 0.790 e. The maximum atomic E-state index is 12.7. The number of thioether (sulfide) groups is 1. The number of aromatic nitrogens is 4. The Kier molecular flexibility index (Phi) is 27.5. The summed E-state index contributed by atoms with van der Waals surface area (Å²) in [4.78, 5) is 97.0. The zero-order valence-electron chi connectivity index (χ0n) is 40.3. The van der Waals surface area contributed by atoms with E-state index >= 15 is 0 Å². The van der Waals surface area contributed by atoms with Crippen molar-refractivity contribution in [2.45, 2.75) is 148 Å². The first-order valence-electron chi connectivity index (χ1n) is 23.5. The Morgan fingerprint density at radius 1 is 0.873 bits per heavy atom. The zero-order valence-corrected chi connectivity index (χ0v) is 43.8. The molecule has 1 fully saturated rings. The van der Waals surface area contributed by atoms with Crippen molar-refractivity contribution >= 4 is 69.1 Å². The van der Waals surface area contributed by atoms with Gasteiger partial charge in [-0.25, -0.2) is 19.3 Å². The number of nitrogens with one attached hydrogen (secondary N) is 2. The Bertz CT molecular complexity index is 2210. The third kappa shape index (κ3) is 24.1. The number of hydrogen-bond donors (Lipinski definition) is 5. The molecule has 0 aromatic carbocycles. The van der Waals surface area contributed by atoms with Crippen molar-refractivity contribution in [3.8, 4) is 0 Å². The third-order valence-corrected chi connectivity index (χ3v) is 14.7. The highest BCUT2D eigenvalue weighted by molar-refractivity contribution is 8.13. The molecule has 0 spiro atoms. The van der Waals surface area contributed by atoms with Crippen LogP contribution in [0.2, 0.25) is 0 Å². The Morgan fingerprint density at radius 3 is 2.15 bits per heavy atom. The fourth-order valence-corrected chi connectivity index (χ4v) is 10.3. The standard InChI is InChI=1S/C43H72N7O17P3S/c1-4-5-6-7-8-9-10-11-12-13-14-15-16-17-18-19-20-21-22-23-34(52)71-27-26-45-33(51)24-25-46-41(55)38(54)43(2,3)29-64-70(61,62)67-69(59,60)63-28-32-37(66-68(56,57)58)36(53)42(65-32)50-31-49-35-39(44)47-30-48-40(35)50/h8-9,11-12,14-15,30-32,36-38,42,53-54H,4-7,10,13,16-29H2,1-3H3,(H,45,51)(H,46,55)(H,59,60)(H,61,62)(H2,44,47,48)(H2,56,57,58)/p-4/b9-8-,12-11-,15-14-/t32-,36-,37-,38+,42-/m1/s1. The number of nitrogen functional groups attached to an aromatic ring is 1. The van der Waals surface area contributed by atoms with Crippen LogP contribution < -0.4 is 35.9 Å². The van der Waals surface area contributed by atoms with Crippen LogP contribution in [0.4, 0.5) is 5.82 Å². The van der Waals surface area contributed by atoms with Gasteiger partial charge in [-0.15, -0.1) is 0 Å². The molecule has 1 saturated heterocycles. The van der Waals surface area contributed by atoms with E-state index < -0.39 is 84.6 Å². The number of aliphatic hydroxyl groups excluding tert-OH is 2. The smallest absolute Gasteiger partial charge is 0.274 e. The summed E-state index contributed by atoms with van der Waals surface area (Å²) in [6, 6.07) is 0. The Balaban J connectivity index is 1.26. The van der Waals surface area contributed by atoms with E-state index in [0.717, 1.165) is 86.8 Å². The second-order valence-electron chi connectivity index (χ2n) is 17.2. The number of unbranched alkanes of at least 4 members (excludes halogenated alkanes) is 9. The number of ether oxygens (including phenoxy) is 1. The third-order valence-electron chi connectivity index (χ3n) is 10.8. The van der Waals surface area contributed by atoms with Crippen LogP contribution >= 0.6 is 35.2 Å². The number of phosphoric ester groups is 3. The normalized spacial score (nSPS) is 20.0. The average Bonchev–Trinajstić information content (AvgIpc) is 3.86. The number of carbonyl (C=O) groups excluding carboxylic acids is 3. The molecular weight excluding hydrogens is 1010 g/mol. The van der Waals surface area contributed by atoms with Gasteiger partial charge in [0.15, 0.2) is 22.8 Å². The first-order chi connectivity index (χ1) is 33.6. The number of allylic oxidation sites excluding steroid dienone is 6. The van der Waals surface area contributed by atoms with Gasteiger partial charge in [0.05, 0.1) is 27.4 Å². The summed E-state index contributed by atoms with van der Waals surface area (Å²) >= 11 is 1.13. The van der Waals surface area contributed by atoms with Crippen LogP contribution in [-0.2, 0) is 50.7 Å². The predicted molar refractivity (Wildman–Crippen MR) is 256 cm³/mol. The SMILES string of the molecule is CCCCC/C=C\C/C=C\C/C=C\CCCCCCCCC(=O)SCCNC(=O)CCNC(=O)[C@H](O)C(C)(C)COP(=O)([O-])OP(=O)([O-])OC[C@H]1O[C@@H](n2cnc3c(N)ncnc32)[C@H](O)[C@@H]1OP(=O)([O-])[O-]. The topological polar surface area (TPSA) is 375 Å². The minimum atomic E-state index is -5.92. The van der Waals surface area contributed by atoms with Crippen molar-refractivity contribution in [2.75, 3.05) is 37.8 Å². The molecule has 24 nitrogen and oxygen atoms in total. The van der Waals surface area contributed by atoms with E-state index in [-0.39, 0.29) is 41.6 Å². The van der Waals surface area contributed by atoms with E-state index in [1.807, 2.05) is 0 Å². The number of nitrogens with two attached hydrogens (primary N) is 1. The maximum absolute atomic E-state index is 12.7. The van der Waals surface area contributed by atoms with Crippen LogP contribution in [0.15, 0.2) is 49.1 Å². The number of hydrogen-bond acceptors (Lipinski definition) is 22. The van der Waals surface area contributed by atoms with E-state index in [2.05, 4.69) is 86.8 Å². The Labute approximate surface area is 418 Å². The lowest BCUT2D eigenvalue weighted by molar-refractivity contribution is -0.347. The molecule has 3 rings (SSSR count). The minimum absolute atomic E-state index is 0.0197. The second-order valence-corrected chi connectivity index (χ2v) is 22.5. The van der Waals surface area contributed by atoms with E-state index in [4.69, 9.17) is 10.5 Å². The second kappa shape index (κ2) is 31.5. The van der Waals surface area contributed by atoms with Gasteiger partial charge in [0.1, 0.15) is 36.3 Å². The maximum Gasteiger partial charge on any atom is 0.274 e. The lowest BCUT2D eigenvalue weighted by Crippen LogP contribution is -2.46. The molecular formula is C43H68N7O17P3S-4. The van der Waals surface area contributed by atoms with Gasteiger partial charge in [-0.3, -0.25) is 28.1 Å². The summed E-state index contributed by atoms with van der Waals surface area (Å²) in [5, 5.41) is 26.5. The molecule has 2 unspecified atom stereocenters. The first-order valence-corrected chi connectivity index (χ1v) is 28.8. The van der Waals surface area contributed by atoms with Crippen LogP contribution in [0.1, 0.15) is 123 Å². The number of nitrogens with zero attached hydrogens (tertiary/aromatic N) is 4. The molecule has 2 aromatic rings. The molecule has 0 saturated carbocycles. The van der Waals surface area contributed by atoms with Gasteiger partial charge in [0, 0.05) is 37.1 Å². The highest BCUT2D eigenvalue weighted by Crippen LogP contribution is 2.56. The Morgan fingerprint density at radius 2 is 1.49 bits per heavy atom. The fraction of sp³-hybridized carbons (Fsp3) is 0.674. The van der Waals surface area contributed by atoms with Gasteiger partial charge in [0.2, 0.25) is 11.8 Å². The Hall–Kier alpha value is -3.22. The van der Waals surface area contributed by atoms with Crippen LogP contribution in [-0.4, -0.2) is 103 Å². The number of rotatable bonds is 36. The van der Waals surface area contributed by atoms with Crippen molar-refractivity contribution in [3.05, 3.63) is 49.1 Å². The van der Waals surface area contributed by atoms with Crippen LogP contribution in [0.25, 0.3) is 11.2 Å². The van der Waals surface area contributed by atoms with Gasteiger partial charge >= 0.3 is 0 Å². The number of phosphoric acid groups is 3. The minimum Gasteiger partial charge on any atom is -0.790 e. The molecule has 0 bridgehead atoms. The van der Waals surface area contributed by atoms with Gasteiger partial charge in [-0.1, -0.05) is 108 Å². The molecule has 6 N–H and O–H groups in total. The van der Waals surface area contributed by atoms with Crippen LogP contribution in [0.5, 0.6) is 0 Å². The summed E-state index contributed by atoms with van der Waals surface area (Å²) in [6.07, 6.45) is 20.5. The monoisotopic (exact) mass is 1080 g/mol. The van der Waals surface area contributed by atoms with Crippen molar-refractivity contribution in [3.63, 3.8) is 0 Å². The number of imidazole rings is 1. The van der Waals surface area contributed by atoms with Crippen molar-refractivity contribution < 1.29 is 80.5 Å². The van der Waals surface area contributed by atoms with Crippen molar-refractivity contribution in [2.24, 2.45) is 5.41 Å². The van der Waals surface area contributed by atoms with Crippen molar-refractivity contribution in [1.29, 1.82) is 0 Å². The summed E-state index contributed by atoms with van der Waals surface area (Å²) in [5.41, 5.74) is 4.09. The summed E-state index contributed by atoms with van der Waals surface area (Å²) < 4.78 is 60.9. The molecule has 2 amide bonds. The molecule has 0 radical (unpaired) electrons. The van der Waals surface area contributed by atoms with Crippen LogP contribution in [0, 0.1) is 5.41 Å². The lowest BCUT2D eigenvalue weighted by Gasteiger charge is -2.36. The van der Waals surface area contributed by atoms with E-state index in [9.17, 15) is 57.9 Å². The highest BCUT2D eigenvalue weighted by Gasteiger charge is 2.47. The lowest BCUT2D eigenvalue weighted by atomic mass is 9.87. The molecule has 1 aliphatic rings. The van der Waals surface area contributed by atoms with Gasteiger partial charge < -0.3 is 69.0 Å². The number of amides is 2. The van der Waals surface area contributed by atoms with Crippen molar-refractivity contribution in [1.82, 2.24) is 30.2 Å². The number of carbonyl (C=O) groups is 3. The molecule has 28 heteroatoms. The fourth-order valence-electron chi connectivity index (χ4n) is 6.87. The van der Waals surface area contributed by atoms with Crippen LogP contribution in [0.3, 0.4) is 0 Å². The molecule has 0 aliphatic carbocycles. The van der Waals surface area contributed by atoms with Gasteiger partial charge in [0.25, 0.3) is 15.6 Å². The molecule has 7 atom stereocenters.